The normalized spacial score (nSPS) is 7.70. The van der Waals surface area contributed by atoms with Crippen LogP contribution in [0.4, 0.5) is 0 Å². The fourth-order valence-electron chi connectivity index (χ4n) is 1.13. The molecule has 1 N–H and O–H groups in total. The number of fused-ring (bicyclic) bond motifs is 1. The van der Waals surface area contributed by atoms with Crippen molar-refractivity contribution in [2.75, 3.05) is 6.26 Å². The van der Waals surface area contributed by atoms with Crippen LogP contribution in [-0.2, 0) is 37.0 Å². The molecule has 0 fully saturated rings. The van der Waals surface area contributed by atoms with Gasteiger partial charge in [0.25, 0.3) is 0 Å². The van der Waals surface area contributed by atoms with Gasteiger partial charge in [-0.25, -0.2) is 5.26 Å². The Bertz CT molecular complexity index is 329. The van der Waals surface area contributed by atoms with Crippen molar-refractivity contribution in [3.05, 3.63) is 48.5 Å². The maximum Gasteiger partial charge on any atom is 0.0277 e. The molecule has 0 spiro atoms. The number of rotatable bonds is 1. The first-order valence-electron chi connectivity index (χ1n) is 6.58. The van der Waals surface area contributed by atoms with E-state index in [4.69, 9.17) is 5.26 Å². The Morgan fingerprint density at radius 2 is 1.10 bits per heavy atom. The monoisotopic (exact) mass is 371 g/mol. The number of benzene rings is 2. The second kappa shape index (κ2) is 21.4. The minimum absolute atomic E-state index is 0. The van der Waals surface area contributed by atoms with Crippen molar-refractivity contribution in [1.29, 1.82) is 0 Å². The van der Waals surface area contributed by atoms with Crippen LogP contribution in [0.25, 0.3) is 10.8 Å². The quantitative estimate of drug-likeness (QED) is 0.377. The average Bonchev–Trinajstić information content (AvgIpc) is 2.50. The van der Waals surface area contributed by atoms with Crippen LogP contribution < -0.4 is 0 Å². The van der Waals surface area contributed by atoms with E-state index in [9.17, 15) is 0 Å². The van der Waals surface area contributed by atoms with Crippen molar-refractivity contribution in [3.8, 4) is 0 Å². The van der Waals surface area contributed by atoms with Crippen molar-refractivity contribution in [1.82, 2.24) is 0 Å². The maximum absolute atomic E-state index is 7.34. The summed E-state index contributed by atoms with van der Waals surface area (Å²) < 4.78 is 3.46. The van der Waals surface area contributed by atoms with Crippen LogP contribution in [-0.4, -0.2) is 11.5 Å². The molecule has 1 radical (unpaired) electrons. The summed E-state index contributed by atoms with van der Waals surface area (Å²) in [6, 6.07) is 16.7. The van der Waals surface area contributed by atoms with E-state index in [2.05, 4.69) is 66.7 Å². The van der Waals surface area contributed by atoms with Gasteiger partial charge in [-0.15, -0.1) is 0 Å². The van der Waals surface area contributed by atoms with E-state index in [-0.39, 0.29) is 32.7 Å². The molecule has 0 saturated carbocycles. The van der Waals surface area contributed by atoms with E-state index < -0.39 is 0 Å². The standard InChI is InChI=1S/C10H8.C3H8.C2H6.CH4O2S.Y/c1-2-6-10-8-4-3-7-9(10)5-1;1-3-2;1-2;1-4-3-2;/h1-8H;3H2,1-2H3;1-2H3;2H,1H3;. The van der Waals surface area contributed by atoms with Gasteiger partial charge in [-0.1, -0.05) is 82.6 Å². The topological polar surface area (TPSA) is 29.5 Å². The molecule has 0 aliphatic carbocycles. The molecule has 2 rings (SSSR count). The van der Waals surface area contributed by atoms with Crippen molar-refractivity contribution in [2.45, 2.75) is 34.1 Å². The molecule has 111 valence electrons. The van der Waals surface area contributed by atoms with E-state index in [0.29, 0.717) is 0 Å². The molecule has 0 heterocycles. The molecule has 0 aliphatic rings. The summed E-state index contributed by atoms with van der Waals surface area (Å²) >= 11 is 0.912. The minimum atomic E-state index is 0. The third-order valence-corrected chi connectivity index (χ3v) is 1.88. The predicted molar refractivity (Wildman–Crippen MR) is 88.5 cm³/mol. The molecule has 0 unspecified atom stereocenters. The fourth-order valence-corrected chi connectivity index (χ4v) is 1.13. The van der Waals surface area contributed by atoms with Crippen LogP contribution in [0.3, 0.4) is 0 Å². The Balaban J connectivity index is -0.000000248. The first-order chi connectivity index (χ1) is 9.29. The Kier molecular flexibility index (Phi) is 26.8. The average molecular weight is 371 g/mol. The van der Waals surface area contributed by atoms with E-state index in [1.807, 2.05) is 13.8 Å². The van der Waals surface area contributed by atoms with E-state index in [1.54, 1.807) is 6.26 Å². The Morgan fingerprint density at radius 1 is 0.900 bits per heavy atom. The maximum atomic E-state index is 7.34. The molecular weight excluding hydrogens is 345 g/mol. The van der Waals surface area contributed by atoms with Gasteiger partial charge < -0.3 is 0 Å². The van der Waals surface area contributed by atoms with Gasteiger partial charge in [0, 0.05) is 51.0 Å². The van der Waals surface area contributed by atoms with E-state index in [0.717, 1.165) is 12.0 Å². The van der Waals surface area contributed by atoms with Gasteiger partial charge in [-0.3, -0.25) is 0 Å². The summed E-state index contributed by atoms with van der Waals surface area (Å²) in [5.41, 5.74) is 0. The van der Waals surface area contributed by atoms with Gasteiger partial charge in [-0.05, 0) is 10.8 Å². The predicted octanol–water partition coefficient (Wildman–Crippen LogP) is 6.03. The molecule has 20 heavy (non-hydrogen) atoms. The molecule has 0 bridgehead atoms. The van der Waals surface area contributed by atoms with Gasteiger partial charge in [0.2, 0.25) is 0 Å². The van der Waals surface area contributed by atoms with Crippen LogP contribution in [0.15, 0.2) is 48.5 Å². The smallest absolute Gasteiger partial charge is 0.0277 e. The van der Waals surface area contributed by atoms with Crippen molar-refractivity contribution < 1.29 is 42.3 Å². The molecule has 0 aromatic heterocycles. The zero-order chi connectivity index (χ0) is 14.9. The Labute approximate surface area is 153 Å². The van der Waals surface area contributed by atoms with Crippen LogP contribution in [0.5, 0.6) is 0 Å². The molecule has 0 saturated heterocycles. The van der Waals surface area contributed by atoms with Crippen LogP contribution in [0.1, 0.15) is 34.1 Å². The van der Waals surface area contributed by atoms with Gasteiger partial charge in [0.05, 0.1) is 0 Å². The van der Waals surface area contributed by atoms with E-state index >= 15 is 0 Å². The van der Waals surface area contributed by atoms with Gasteiger partial charge in [0.1, 0.15) is 0 Å². The third-order valence-electron chi connectivity index (χ3n) is 1.73. The van der Waals surface area contributed by atoms with Crippen molar-refractivity contribution in [3.63, 3.8) is 0 Å². The molecule has 2 aromatic rings. The van der Waals surface area contributed by atoms with Crippen molar-refractivity contribution in [2.24, 2.45) is 0 Å². The SMILES string of the molecule is CC.CCC.CSOO.[Y].c1ccc2ccccc2c1. The zero-order valence-electron chi connectivity index (χ0n) is 13.2. The second-order valence-electron chi connectivity index (χ2n) is 3.30. The van der Waals surface area contributed by atoms with Gasteiger partial charge in [0.15, 0.2) is 0 Å². The summed E-state index contributed by atoms with van der Waals surface area (Å²) in [4.78, 5) is 0. The molecule has 0 aliphatic heterocycles. The van der Waals surface area contributed by atoms with Crippen molar-refractivity contribution >= 4 is 22.8 Å². The number of hydrogen-bond acceptors (Lipinski definition) is 3. The first-order valence-corrected chi connectivity index (χ1v) is 7.73. The molecular formula is C16H26O2SY. The molecule has 4 heteroatoms. The molecule has 2 aromatic carbocycles. The second-order valence-corrected chi connectivity index (χ2v) is 3.78. The zero-order valence-corrected chi connectivity index (χ0v) is 16.8. The summed E-state index contributed by atoms with van der Waals surface area (Å²) in [7, 11) is 0. The fraction of sp³-hybridized carbons (Fsp3) is 0.375. The van der Waals surface area contributed by atoms with E-state index in [1.165, 1.54) is 17.2 Å². The molecule has 0 amide bonds. The third kappa shape index (κ3) is 14.5. The Morgan fingerprint density at radius 3 is 1.25 bits per heavy atom. The largest absolute Gasteiger partial charge is 0.239 e. The van der Waals surface area contributed by atoms with Gasteiger partial charge in [-0.2, -0.15) is 4.33 Å². The van der Waals surface area contributed by atoms with Crippen LogP contribution in [0.2, 0.25) is 0 Å². The number of hydrogen-bond donors (Lipinski definition) is 1. The summed E-state index contributed by atoms with van der Waals surface area (Å²) in [6.45, 7) is 8.25. The Hall–Kier alpha value is 0.0739. The first kappa shape index (κ1) is 25.1. The van der Waals surface area contributed by atoms with Crippen LogP contribution in [0, 0.1) is 0 Å². The summed E-state index contributed by atoms with van der Waals surface area (Å²) in [5, 5.41) is 9.96. The minimum Gasteiger partial charge on any atom is -0.239 e. The summed E-state index contributed by atoms with van der Waals surface area (Å²) in [5.74, 6) is 0. The molecule has 2 nitrogen and oxygen atoms in total. The molecule has 0 atom stereocenters. The summed E-state index contributed by atoms with van der Waals surface area (Å²) in [6.07, 6.45) is 2.88. The van der Waals surface area contributed by atoms with Crippen LogP contribution >= 0.6 is 12.0 Å². The van der Waals surface area contributed by atoms with Gasteiger partial charge >= 0.3 is 0 Å².